The normalized spacial score (nSPS) is 12.2. The van der Waals surface area contributed by atoms with Gasteiger partial charge in [-0.15, -0.1) is 0 Å². The molecule has 170 valence electrons. The Balaban J connectivity index is 2.51. The molecule has 1 amide bonds. The van der Waals surface area contributed by atoms with Gasteiger partial charge in [-0.3, -0.25) is 9.10 Å². The van der Waals surface area contributed by atoms with Gasteiger partial charge in [0.25, 0.3) is 10.0 Å². The van der Waals surface area contributed by atoms with Gasteiger partial charge in [0.15, 0.2) is 11.5 Å². The molecule has 0 aliphatic rings. The summed E-state index contributed by atoms with van der Waals surface area (Å²) in [4.78, 5) is 12.7. The van der Waals surface area contributed by atoms with Crippen molar-refractivity contribution < 1.29 is 27.4 Å². The van der Waals surface area contributed by atoms with Crippen LogP contribution in [0.15, 0.2) is 41.3 Å². The first kappa shape index (κ1) is 24.5. The lowest BCUT2D eigenvalue weighted by Gasteiger charge is -2.26. The molecule has 0 saturated heterocycles. The van der Waals surface area contributed by atoms with E-state index in [-0.39, 0.29) is 23.2 Å². The summed E-state index contributed by atoms with van der Waals surface area (Å²) >= 11 is 0. The van der Waals surface area contributed by atoms with Crippen molar-refractivity contribution >= 4 is 21.6 Å². The number of benzene rings is 2. The zero-order chi connectivity index (χ0) is 23.2. The highest BCUT2D eigenvalue weighted by Crippen LogP contribution is 2.32. The largest absolute Gasteiger partial charge is 0.493 e. The van der Waals surface area contributed by atoms with Crippen LogP contribution in [0.3, 0.4) is 0 Å². The van der Waals surface area contributed by atoms with E-state index in [0.717, 1.165) is 15.4 Å². The van der Waals surface area contributed by atoms with E-state index in [1.807, 2.05) is 19.9 Å². The molecule has 0 saturated carbocycles. The van der Waals surface area contributed by atoms with Gasteiger partial charge in [-0.05, 0) is 56.2 Å². The maximum Gasteiger partial charge on any atom is 0.264 e. The van der Waals surface area contributed by atoms with Crippen LogP contribution in [0.4, 0.5) is 5.69 Å². The van der Waals surface area contributed by atoms with Crippen LogP contribution < -0.4 is 19.1 Å². The molecule has 9 heteroatoms. The summed E-state index contributed by atoms with van der Waals surface area (Å²) < 4.78 is 43.8. The van der Waals surface area contributed by atoms with Gasteiger partial charge in [0.2, 0.25) is 5.91 Å². The Morgan fingerprint density at radius 1 is 1.00 bits per heavy atom. The molecule has 31 heavy (non-hydrogen) atoms. The minimum atomic E-state index is -4.08. The molecule has 0 radical (unpaired) electrons. The van der Waals surface area contributed by atoms with E-state index in [2.05, 4.69) is 5.32 Å². The topological polar surface area (TPSA) is 94.2 Å². The molecule has 8 nitrogen and oxygen atoms in total. The van der Waals surface area contributed by atoms with Crippen LogP contribution >= 0.6 is 0 Å². The first-order chi connectivity index (χ1) is 14.6. The standard InChI is InChI=1S/C22H30N2O6S/c1-15-9-16(2)11-18(10-15)24(13-22(25)23-17(3)14-28-4)31(26,27)19-7-8-20(29-5)21(12-19)30-6/h7-12,17H,13-14H2,1-6H3,(H,23,25)/t17-/m0/s1. The second-order valence-corrected chi connectivity index (χ2v) is 9.16. The van der Waals surface area contributed by atoms with E-state index in [4.69, 9.17) is 14.2 Å². The summed E-state index contributed by atoms with van der Waals surface area (Å²) in [6.07, 6.45) is 0. The van der Waals surface area contributed by atoms with Crippen molar-refractivity contribution in [1.29, 1.82) is 0 Å². The predicted octanol–water partition coefficient (Wildman–Crippen LogP) is 2.67. The average Bonchev–Trinajstić information content (AvgIpc) is 2.70. The number of nitrogens with zero attached hydrogens (tertiary/aromatic N) is 1. The Morgan fingerprint density at radius 2 is 1.61 bits per heavy atom. The van der Waals surface area contributed by atoms with Crippen molar-refractivity contribution in [2.45, 2.75) is 31.7 Å². The van der Waals surface area contributed by atoms with Gasteiger partial charge in [0.05, 0.1) is 31.4 Å². The number of rotatable bonds is 10. The third-order valence-electron chi connectivity index (χ3n) is 4.55. The van der Waals surface area contributed by atoms with Crippen LogP contribution in [0.1, 0.15) is 18.1 Å². The van der Waals surface area contributed by atoms with Crippen molar-refractivity contribution in [3.8, 4) is 11.5 Å². The molecule has 0 aromatic heterocycles. The number of carbonyl (C=O) groups is 1. The molecule has 1 N–H and O–H groups in total. The highest BCUT2D eigenvalue weighted by molar-refractivity contribution is 7.92. The fraction of sp³-hybridized carbons (Fsp3) is 0.409. The second-order valence-electron chi connectivity index (χ2n) is 7.30. The van der Waals surface area contributed by atoms with E-state index in [0.29, 0.717) is 18.0 Å². The molecular weight excluding hydrogens is 420 g/mol. The van der Waals surface area contributed by atoms with Crippen molar-refractivity contribution in [1.82, 2.24) is 5.32 Å². The minimum Gasteiger partial charge on any atom is -0.493 e. The summed E-state index contributed by atoms with van der Waals surface area (Å²) in [6, 6.07) is 9.47. The number of sulfonamides is 1. The summed E-state index contributed by atoms with van der Waals surface area (Å²) in [5.74, 6) is 0.250. The number of aryl methyl sites for hydroxylation is 2. The number of hydrogen-bond donors (Lipinski definition) is 1. The number of carbonyl (C=O) groups excluding carboxylic acids is 1. The lowest BCUT2D eigenvalue weighted by Crippen LogP contribution is -2.44. The van der Waals surface area contributed by atoms with Gasteiger partial charge in [-0.1, -0.05) is 6.07 Å². The zero-order valence-electron chi connectivity index (χ0n) is 18.8. The molecule has 0 heterocycles. The molecule has 0 fully saturated rings. The van der Waals surface area contributed by atoms with Gasteiger partial charge in [0.1, 0.15) is 6.54 Å². The van der Waals surface area contributed by atoms with Crippen LogP contribution in [0.25, 0.3) is 0 Å². The molecule has 2 rings (SSSR count). The van der Waals surface area contributed by atoms with Gasteiger partial charge >= 0.3 is 0 Å². The number of nitrogens with one attached hydrogen (secondary N) is 1. The Hall–Kier alpha value is -2.78. The number of hydrogen-bond acceptors (Lipinski definition) is 6. The van der Waals surface area contributed by atoms with Crippen LogP contribution in [0.5, 0.6) is 11.5 Å². The molecule has 1 atom stereocenters. The molecule has 0 aliphatic heterocycles. The smallest absolute Gasteiger partial charge is 0.264 e. The first-order valence-corrected chi connectivity index (χ1v) is 11.2. The van der Waals surface area contributed by atoms with Gasteiger partial charge < -0.3 is 19.5 Å². The quantitative estimate of drug-likeness (QED) is 0.598. The van der Waals surface area contributed by atoms with Crippen molar-refractivity contribution in [2.24, 2.45) is 0 Å². The maximum atomic E-state index is 13.6. The Kier molecular flexibility index (Phi) is 8.29. The average molecular weight is 451 g/mol. The van der Waals surface area contributed by atoms with E-state index < -0.39 is 15.9 Å². The summed E-state index contributed by atoms with van der Waals surface area (Å²) in [6.45, 7) is 5.47. The molecule has 2 aromatic carbocycles. The molecule has 0 unspecified atom stereocenters. The lowest BCUT2D eigenvalue weighted by atomic mass is 10.1. The van der Waals surface area contributed by atoms with Crippen LogP contribution in [-0.2, 0) is 19.6 Å². The molecule has 2 aromatic rings. The first-order valence-electron chi connectivity index (χ1n) is 9.73. The highest BCUT2D eigenvalue weighted by Gasteiger charge is 2.29. The van der Waals surface area contributed by atoms with E-state index >= 15 is 0 Å². The fourth-order valence-corrected chi connectivity index (χ4v) is 4.68. The number of anilines is 1. The Morgan fingerprint density at radius 3 is 2.16 bits per heavy atom. The van der Waals surface area contributed by atoms with Gasteiger partial charge in [0, 0.05) is 19.2 Å². The van der Waals surface area contributed by atoms with Crippen LogP contribution in [-0.4, -0.2) is 54.8 Å². The van der Waals surface area contributed by atoms with Crippen LogP contribution in [0, 0.1) is 13.8 Å². The molecule has 0 spiro atoms. The zero-order valence-corrected chi connectivity index (χ0v) is 19.6. The third kappa shape index (κ3) is 6.11. The van der Waals surface area contributed by atoms with Gasteiger partial charge in [-0.2, -0.15) is 0 Å². The van der Waals surface area contributed by atoms with Crippen molar-refractivity contribution in [3.05, 3.63) is 47.5 Å². The summed E-state index contributed by atoms with van der Waals surface area (Å²) in [7, 11) is 0.354. The van der Waals surface area contributed by atoms with Crippen LogP contribution in [0.2, 0.25) is 0 Å². The van der Waals surface area contributed by atoms with E-state index in [1.54, 1.807) is 19.1 Å². The Labute approximate surface area is 184 Å². The Bertz CT molecular complexity index is 1000. The number of methoxy groups -OCH3 is 3. The third-order valence-corrected chi connectivity index (χ3v) is 6.32. The lowest BCUT2D eigenvalue weighted by molar-refractivity contribution is -0.120. The molecule has 0 bridgehead atoms. The second kappa shape index (κ2) is 10.5. The van der Waals surface area contributed by atoms with Crippen molar-refractivity contribution in [3.63, 3.8) is 0 Å². The summed E-state index contributed by atoms with van der Waals surface area (Å²) in [5, 5.41) is 2.76. The minimum absolute atomic E-state index is 0.0120. The fourth-order valence-electron chi connectivity index (χ4n) is 3.26. The predicted molar refractivity (Wildman–Crippen MR) is 119 cm³/mol. The number of ether oxygens (including phenoxy) is 3. The highest BCUT2D eigenvalue weighted by atomic mass is 32.2. The summed E-state index contributed by atoms with van der Waals surface area (Å²) in [5.41, 5.74) is 2.17. The number of amides is 1. The van der Waals surface area contributed by atoms with Gasteiger partial charge in [-0.25, -0.2) is 8.42 Å². The maximum absolute atomic E-state index is 13.6. The SMILES string of the molecule is COC[C@H](C)NC(=O)CN(c1cc(C)cc(C)c1)S(=O)(=O)c1ccc(OC)c(OC)c1. The van der Waals surface area contributed by atoms with Crippen molar-refractivity contribution in [2.75, 3.05) is 38.8 Å². The molecular formula is C22H30N2O6S. The van der Waals surface area contributed by atoms with E-state index in [9.17, 15) is 13.2 Å². The van der Waals surface area contributed by atoms with E-state index in [1.165, 1.54) is 39.5 Å². The monoisotopic (exact) mass is 450 g/mol. The molecule has 0 aliphatic carbocycles.